The van der Waals surface area contributed by atoms with Gasteiger partial charge in [0.2, 0.25) is 5.91 Å². The molecule has 8 nitrogen and oxygen atoms in total. The zero-order valence-corrected chi connectivity index (χ0v) is 18.5. The summed E-state index contributed by atoms with van der Waals surface area (Å²) in [6, 6.07) is 9.74. The third-order valence-electron chi connectivity index (χ3n) is 4.58. The first-order chi connectivity index (χ1) is 14.6. The lowest BCUT2D eigenvalue weighted by Gasteiger charge is -2.08. The average molecular weight is 440 g/mol. The molecular formula is C20H21N7OS2. The molecule has 0 spiro atoms. The van der Waals surface area contributed by atoms with Crippen LogP contribution in [0.2, 0.25) is 0 Å². The summed E-state index contributed by atoms with van der Waals surface area (Å²) in [5.41, 5.74) is 3.32. The molecule has 0 bridgehead atoms. The Balaban J connectivity index is 1.47. The Bertz CT molecular complexity index is 1180. The molecule has 0 saturated heterocycles. The zero-order valence-electron chi connectivity index (χ0n) is 16.9. The summed E-state index contributed by atoms with van der Waals surface area (Å²) in [4.78, 5) is 22.3. The summed E-state index contributed by atoms with van der Waals surface area (Å²) in [5.74, 6) is 0.839. The van der Waals surface area contributed by atoms with Crippen LogP contribution in [0.4, 0.5) is 5.69 Å². The molecule has 10 heteroatoms. The highest BCUT2D eigenvalue weighted by Gasteiger charge is 2.16. The number of aromatic nitrogens is 6. The van der Waals surface area contributed by atoms with E-state index < -0.39 is 0 Å². The first kappa shape index (κ1) is 20.4. The van der Waals surface area contributed by atoms with E-state index in [9.17, 15) is 4.79 Å². The van der Waals surface area contributed by atoms with Crippen LogP contribution in [-0.4, -0.2) is 47.2 Å². The number of fused-ring (bicyclic) bond motifs is 1. The van der Waals surface area contributed by atoms with E-state index >= 15 is 0 Å². The largest absolute Gasteiger partial charge is 0.334 e. The number of anilines is 1. The summed E-state index contributed by atoms with van der Waals surface area (Å²) < 4.78 is 3.91. The molecule has 4 rings (SSSR count). The van der Waals surface area contributed by atoms with Crippen molar-refractivity contribution in [2.75, 3.05) is 17.3 Å². The van der Waals surface area contributed by atoms with E-state index in [-0.39, 0.29) is 11.7 Å². The number of rotatable bonds is 7. The second-order valence-corrected chi connectivity index (χ2v) is 8.35. The van der Waals surface area contributed by atoms with Crippen molar-refractivity contribution in [1.29, 1.82) is 0 Å². The van der Waals surface area contributed by atoms with E-state index in [0.29, 0.717) is 17.5 Å². The predicted octanol–water partition coefficient (Wildman–Crippen LogP) is 3.70. The van der Waals surface area contributed by atoms with Gasteiger partial charge in [-0.2, -0.15) is 0 Å². The lowest BCUT2D eigenvalue weighted by atomic mass is 10.3. The fourth-order valence-corrected chi connectivity index (χ4v) is 4.23. The Kier molecular flexibility index (Phi) is 6.05. The molecule has 0 aliphatic carbocycles. The van der Waals surface area contributed by atoms with Crippen molar-refractivity contribution < 1.29 is 4.79 Å². The maximum Gasteiger partial charge on any atom is 0.234 e. The first-order valence-electron chi connectivity index (χ1n) is 9.36. The van der Waals surface area contributed by atoms with Crippen LogP contribution in [0.15, 0.2) is 52.9 Å². The highest BCUT2D eigenvalue weighted by Crippen LogP contribution is 2.25. The minimum Gasteiger partial charge on any atom is -0.334 e. The maximum absolute atomic E-state index is 12.4. The Morgan fingerprint density at radius 2 is 1.97 bits per heavy atom. The van der Waals surface area contributed by atoms with Crippen LogP contribution in [0, 0.1) is 0 Å². The number of nitrogens with zero attached hydrogens (tertiary/aromatic N) is 6. The highest BCUT2D eigenvalue weighted by molar-refractivity contribution is 7.99. The number of benzene rings is 1. The molecule has 30 heavy (non-hydrogen) atoms. The molecule has 0 unspecified atom stereocenters. The van der Waals surface area contributed by atoms with Crippen LogP contribution in [0.3, 0.4) is 0 Å². The average Bonchev–Trinajstić information content (AvgIpc) is 3.35. The molecule has 0 fully saturated rings. The molecule has 3 aromatic heterocycles. The van der Waals surface area contributed by atoms with Gasteiger partial charge in [-0.05, 0) is 43.5 Å². The number of imidazole rings is 1. The highest BCUT2D eigenvalue weighted by atomic mass is 32.2. The minimum absolute atomic E-state index is 0.0847. The van der Waals surface area contributed by atoms with Gasteiger partial charge in [0.05, 0.1) is 23.8 Å². The van der Waals surface area contributed by atoms with Gasteiger partial charge in [0.15, 0.2) is 11.0 Å². The molecule has 0 aliphatic rings. The Morgan fingerprint density at radius 1 is 1.17 bits per heavy atom. The van der Waals surface area contributed by atoms with Crippen molar-refractivity contribution in [3.8, 4) is 11.5 Å². The van der Waals surface area contributed by atoms with E-state index in [1.165, 1.54) is 11.8 Å². The SMILES string of the molecule is CCn1c(SCC(=O)Nc2ccc(SC)cc2)nnc1-c1cc2c(cn1)ncn2C. The van der Waals surface area contributed by atoms with Gasteiger partial charge < -0.3 is 14.5 Å². The van der Waals surface area contributed by atoms with E-state index in [2.05, 4.69) is 25.5 Å². The second kappa shape index (κ2) is 8.88. The number of thioether (sulfide) groups is 2. The van der Waals surface area contributed by atoms with Crippen molar-refractivity contribution in [3.05, 3.63) is 42.9 Å². The third kappa shape index (κ3) is 4.19. The van der Waals surface area contributed by atoms with Crippen LogP contribution in [-0.2, 0) is 18.4 Å². The van der Waals surface area contributed by atoms with Crippen molar-refractivity contribution in [2.24, 2.45) is 7.05 Å². The summed E-state index contributed by atoms with van der Waals surface area (Å²) in [7, 11) is 1.94. The Labute approximate surface area is 182 Å². The molecule has 0 atom stereocenters. The molecule has 1 N–H and O–H groups in total. The van der Waals surface area contributed by atoms with Gasteiger partial charge in [-0.25, -0.2) is 4.98 Å². The molecule has 1 amide bonds. The monoisotopic (exact) mass is 439 g/mol. The van der Waals surface area contributed by atoms with E-state index in [1.807, 2.05) is 59.7 Å². The number of amides is 1. The van der Waals surface area contributed by atoms with Gasteiger partial charge in [-0.1, -0.05) is 11.8 Å². The Morgan fingerprint density at radius 3 is 2.70 bits per heavy atom. The standard InChI is InChI=1S/C20H21N7OS2/c1-4-27-19(15-9-17-16(10-21-15)22-12-26(17)2)24-25-20(27)30-11-18(28)23-13-5-7-14(29-3)8-6-13/h5-10,12H,4,11H2,1-3H3,(H,23,28). The smallest absolute Gasteiger partial charge is 0.234 e. The van der Waals surface area contributed by atoms with Crippen molar-refractivity contribution in [2.45, 2.75) is 23.5 Å². The molecule has 1 aromatic carbocycles. The fraction of sp³-hybridized carbons (Fsp3) is 0.250. The number of pyridine rings is 1. The topological polar surface area (TPSA) is 90.5 Å². The lowest BCUT2D eigenvalue weighted by molar-refractivity contribution is -0.113. The van der Waals surface area contributed by atoms with Crippen LogP contribution in [0.1, 0.15) is 6.92 Å². The van der Waals surface area contributed by atoms with Crippen molar-refractivity contribution in [1.82, 2.24) is 29.3 Å². The number of carbonyl (C=O) groups excluding carboxylic acids is 1. The summed E-state index contributed by atoms with van der Waals surface area (Å²) >= 11 is 3.02. The quantitative estimate of drug-likeness (QED) is 0.439. The zero-order chi connectivity index (χ0) is 21.1. The van der Waals surface area contributed by atoms with Gasteiger partial charge in [0.1, 0.15) is 11.2 Å². The van der Waals surface area contributed by atoms with Crippen LogP contribution < -0.4 is 5.32 Å². The number of hydrogen-bond acceptors (Lipinski definition) is 7. The second-order valence-electron chi connectivity index (χ2n) is 6.53. The van der Waals surface area contributed by atoms with Crippen molar-refractivity contribution >= 4 is 46.2 Å². The summed E-state index contributed by atoms with van der Waals surface area (Å²) in [6.45, 7) is 2.69. The number of aryl methyl sites for hydroxylation is 1. The maximum atomic E-state index is 12.4. The Hall–Kier alpha value is -2.85. The van der Waals surface area contributed by atoms with E-state index in [1.54, 1.807) is 24.3 Å². The van der Waals surface area contributed by atoms with Gasteiger partial charge in [0.25, 0.3) is 0 Å². The third-order valence-corrected chi connectivity index (χ3v) is 6.29. The number of carbonyl (C=O) groups is 1. The molecular weight excluding hydrogens is 418 g/mol. The molecule has 0 radical (unpaired) electrons. The van der Waals surface area contributed by atoms with Gasteiger partial charge in [0, 0.05) is 24.2 Å². The van der Waals surface area contributed by atoms with Crippen LogP contribution in [0.25, 0.3) is 22.6 Å². The van der Waals surface area contributed by atoms with E-state index in [4.69, 9.17) is 0 Å². The van der Waals surface area contributed by atoms with Crippen LogP contribution >= 0.6 is 23.5 Å². The van der Waals surface area contributed by atoms with E-state index in [0.717, 1.165) is 27.3 Å². The summed E-state index contributed by atoms with van der Waals surface area (Å²) in [6.07, 6.45) is 5.52. The predicted molar refractivity (Wildman–Crippen MR) is 121 cm³/mol. The van der Waals surface area contributed by atoms with Gasteiger partial charge in [-0.3, -0.25) is 9.78 Å². The minimum atomic E-state index is -0.0847. The molecule has 3 heterocycles. The van der Waals surface area contributed by atoms with Crippen LogP contribution in [0.5, 0.6) is 0 Å². The lowest BCUT2D eigenvalue weighted by Crippen LogP contribution is -2.14. The summed E-state index contributed by atoms with van der Waals surface area (Å²) in [5, 5.41) is 12.2. The number of nitrogens with one attached hydrogen (secondary N) is 1. The normalized spacial score (nSPS) is 11.2. The molecule has 0 aliphatic heterocycles. The number of hydrogen-bond donors (Lipinski definition) is 1. The van der Waals surface area contributed by atoms with Gasteiger partial charge in [-0.15, -0.1) is 22.0 Å². The molecule has 4 aromatic rings. The molecule has 0 saturated carbocycles. The van der Waals surface area contributed by atoms with Crippen molar-refractivity contribution in [3.63, 3.8) is 0 Å². The first-order valence-corrected chi connectivity index (χ1v) is 11.6. The fourth-order valence-electron chi connectivity index (χ4n) is 3.02. The molecule has 154 valence electrons. The van der Waals surface area contributed by atoms with Gasteiger partial charge >= 0.3 is 0 Å².